The standard InChI is InChI=1S/C18H26N2O4.C2HF3O2/c1-2-22-12-17(21)20-13-18(14-20)15(7-10-24-18)6-9-23-11-16-5-3-4-8-19-16;3-2(4,5)1(6)7/h3-5,8,15H,2,6-7,9-14H2,1H3;(H,6,7). The number of ether oxygens (including phenoxy) is 3. The Balaban J connectivity index is 0.000000423. The van der Waals surface area contributed by atoms with Gasteiger partial charge in [0.2, 0.25) is 5.91 Å². The minimum Gasteiger partial charge on any atom is -0.475 e. The quantitative estimate of drug-likeness (QED) is 0.610. The van der Waals surface area contributed by atoms with E-state index in [1.807, 2.05) is 30.0 Å². The van der Waals surface area contributed by atoms with Crippen LogP contribution < -0.4 is 0 Å². The Labute approximate surface area is 178 Å². The van der Waals surface area contributed by atoms with E-state index in [2.05, 4.69) is 4.98 Å². The summed E-state index contributed by atoms with van der Waals surface area (Å²) in [5.41, 5.74) is 0.794. The van der Waals surface area contributed by atoms with Crippen LogP contribution in [0, 0.1) is 5.92 Å². The number of carboxylic acids is 1. The van der Waals surface area contributed by atoms with Crippen molar-refractivity contribution in [3.63, 3.8) is 0 Å². The van der Waals surface area contributed by atoms with Crippen molar-refractivity contribution < 1.29 is 42.1 Å². The van der Waals surface area contributed by atoms with Gasteiger partial charge in [0.15, 0.2) is 0 Å². The highest BCUT2D eigenvalue weighted by Crippen LogP contribution is 2.41. The summed E-state index contributed by atoms with van der Waals surface area (Å²) in [5.74, 6) is -2.24. The number of nitrogens with zero attached hydrogens (tertiary/aromatic N) is 2. The van der Waals surface area contributed by atoms with Gasteiger partial charge in [-0.25, -0.2) is 4.79 Å². The number of amides is 1. The number of hydrogen-bond acceptors (Lipinski definition) is 6. The number of alkyl halides is 3. The molecule has 0 aliphatic carbocycles. The first-order chi connectivity index (χ1) is 14.7. The van der Waals surface area contributed by atoms with Gasteiger partial charge in [-0.1, -0.05) is 6.07 Å². The molecule has 31 heavy (non-hydrogen) atoms. The van der Waals surface area contributed by atoms with Crippen molar-refractivity contribution in [1.29, 1.82) is 0 Å². The average Bonchev–Trinajstić information content (AvgIpc) is 3.13. The van der Waals surface area contributed by atoms with Crippen LogP contribution in [0.5, 0.6) is 0 Å². The van der Waals surface area contributed by atoms with Crippen LogP contribution in [0.25, 0.3) is 0 Å². The number of likely N-dealkylation sites (tertiary alicyclic amines) is 1. The van der Waals surface area contributed by atoms with Crippen molar-refractivity contribution in [2.24, 2.45) is 5.92 Å². The summed E-state index contributed by atoms with van der Waals surface area (Å²) in [7, 11) is 0. The molecule has 0 radical (unpaired) electrons. The van der Waals surface area contributed by atoms with Gasteiger partial charge in [-0.2, -0.15) is 13.2 Å². The van der Waals surface area contributed by atoms with Gasteiger partial charge in [-0.15, -0.1) is 0 Å². The summed E-state index contributed by atoms with van der Waals surface area (Å²) in [4.78, 5) is 26.9. The Bertz CT molecular complexity index is 711. The topological polar surface area (TPSA) is 98.2 Å². The van der Waals surface area contributed by atoms with Crippen molar-refractivity contribution in [1.82, 2.24) is 9.88 Å². The third-order valence-electron chi connectivity index (χ3n) is 5.13. The van der Waals surface area contributed by atoms with E-state index in [1.54, 1.807) is 6.20 Å². The van der Waals surface area contributed by atoms with E-state index in [0.717, 1.165) is 25.1 Å². The lowest BCUT2D eigenvalue weighted by Gasteiger charge is -2.50. The third-order valence-corrected chi connectivity index (χ3v) is 5.13. The number of rotatable bonds is 8. The van der Waals surface area contributed by atoms with Crippen LogP contribution in [0.15, 0.2) is 24.4 Å². The normalized spacial score (nSPS) is 19.5. The molecule has 8 nitrogen and oxygen atoms in total. The molecule has 1 unspecified atom stereocenters. The summed E-state index contributed by atoms with van der Waals surface area (Å²) in [6.45, 7) is 6.01. The highest BCUT2D eigenvalue weighted by atomic mass is 19.4. The Morgan fingerprint density at radius 3 is 2.61 bits per heavy atom. The Kier molecular flexibility index (Phi) is 9.20. The minimum absolute atomic E-state index is 0.0585. The van der Waals surface area contributed by atoms with Gasteiger partial charge < -0.3 is 24.2 Å². The van der Waals surface area contributed by atoms with E-state index in [4.69, 9.17) is 24.1 Å². The zero-order chi connectivity index (χ0) is 22.9. The third kappa shape index (κ3) is 7.44. The highest BCUT2D eigenvalue weighted by Gasteiger charge is 2.53. The van der Waals surface area contributed by atoms with Crippen molar-refractivity contribution in [3.8, 4) is 0 Å². The molecule has 1 aromatic heterocycles. The van der Waals surface area contributed by atoms with E-state index < -0.39 is 12.1 Å². The van der Waals surface area contributed by atoms with Crippen molar-refractivity contribution >= 4 is 11.9 Å². The van der Waals surface area contributed by atoms with Gasteiger partial charge in [0.1, 0.15) is 12.2 Å². The molecule has 3 heterocycles. The van der Waals surface area contributed by atoms with E-state index in [0.29, 0.717) is 38.8 Å². The molecule has 11 heteroatoms. The molecular weight excluding hydrogens is 421 g/mol. The lowest BCUT2D eigenvalue weighted by atomic mass is 9.79. The molecule has 2 aliphatic rings. The summed E-state index contributed by atoms with van der Waals surface area (Å²) < 4.78 is 48.7. The van der Waals surface area contributed by atoms with Crippen LogP contribution >= 0.6 is 0 Å². The van der Waals surface area contributed by atoms with Crippen molar-refractivity contribution in [2.75, 3.05) is 39.5 Å². The summed E-state index contributed by atoms with van der Waals surface area (Å²) in [6, 6.07) is 5.83. The Morgan fingerprint density at radius 1 is 1.32 bits per heavy atom. The number of hydrogen-bond donors (Lipinski definition) is 1. The number of pyridine rings is 1. The second-order valence-corrected chi connectivity index (χ2v) is 7.25. The first-order valence-electron chi connectivity index (χ1n) is 9.95. The maximum atomic E-state index is 12.0. The van der Waals surface area contributed by atoms with Crippen LogP contribution in [-0.4, -0.2) is 78.2 Å². The number of carbonyl (C=O) groups excluding carboxylic acids is 1. The number of aromatic nitrogens is 1. The fourth-order valence-electron chi connectivity index (χ4n) is 3.48. The van der Waals surface area contributed by atoms with Crippen LogP contribution in [-0.2, 0) is 30.4 Å². The van der Waals surface area contributed by atoms with E-state index >= 15 is 0 Å². The predicted octanol–water partition coefficient (Wildman–Crippen LogP) is 2.28. The first kappa shape index (κ1) is 25.0. The van der Waals surface area contributed by atoms with Gasteiger partial charge in [0.05, 0.1) is 25.4 Å². The first-order valence-corrected chi connectivity index (χ1v) is 9.95. The van der Waals surface area contributed by atoms with E-state index in [1.165, 1.54) is 0 Å². The summed E-state index contributed by atoms with van der Waals surface area (Å²) >= 11 is 0. The zero-order valence-corrected chi connectivity index (χ0v) is 17.3. The largest absolute Gasteiger partial charge is 0.490 e. The Hall–Kier alpha value is -2.24. The second kappa shape index (κ2) is 11.4. The van der Waals surface area contributed by atoms with Crippen LogP contribution in [0.4, 0.5) is 13.2 Å². The minimum atomic E-state index is -5.08. The number of carbonyl (C=O) groups is 2. The molecule has 174 valence electrons. The van der Waals surface area contributed by atoms with Gasteiger partial charge >= 0.3 is 12.1 Å². The second-order valence-electron chi connectivity index (χ2n) is 7.25. The molecule has 1 atom stereocenters. The van der Waals surface area contributed by atoms with Crippen molar-refractivity contribution in [2.45, 2.75) is 38.1 Å². The number of carboxylic acid groups (broad SMARTS) is 1. The molecule has 0 saturated carbocycles. The molecule has 2 saturated heterocycles. The highest BCUT2D eigenvalue weighted by molar-refractivity contribution is 5.78. The van der Waals surface area contributed by atoms with Crippen LogP contribution in [0.3, 0.4) is 0 Å². The van der Waals surface area contributed by atoms with E-state index in [-0.39, 0.29) is 18.1 Å². The molecule has 1 amide bonds. The average molecular weight is 448 g/mol. The lowest BCUT2D eigenvalue weighted by molar-refractivity contribution is -0.192. The molecule has 2 aliphatic heterocycles. The van der Waals surface area contributed by atoms with Gasteiger partial charge in [0, 0.05) is 26.0 Å². The SMILES string of the molecule is CCOCC(=O)N1CC2(C1)OCCC2CCOCc1ccccn1.O=C(O)C(F)(F)F. The van der Waals surface area contributed by atoms with Crippen LogP contribution in [0.1, 0.15) is 25.5 Å². The maximum Gasteiger partial charge on any atom is 0.490 e. The molecule has 3 rings (SSSR count). The molecule has 2 fully saturated rings. The van der Waals surface area contributed by atoms with Gasteiger partial charge in [-0.05, 0) is 37.8 Å². The lowest BCUT2D eigenvalue weighted by Crippen LogP contribution is -2.66. The molecular formula is C20H27F3N2O6. The smallest absolute Gasteiger partial charge is 0.475 e. The summed E-state index contributed by atoms with van der Waals surface area (Å²) in [6.07, 6.45) is -1.30. The Morgan fingerprint density at radius 2 is 2.03 bits per heavy atom. The van der Waals surface area contributed by atoms with Gasteiger partial charge in [0.25, 0.3) is 0 Å². The molecule has 0 aromatic carbocycles. The van der Waals surface area contributed by atoms with Crippen molar-refractivity contribution in [3.05, 3.63) is 30.1 Å². The predicted molar refractivity (Wildman–Crippen MR) is 102 cm³/mol. The van der Waals surface area contributed by atoms with Crippen LogP contribution in [0.2, 0.25) is 0 Å². The number of halogens is 3. The number of aliphatic carboxylic acids is 1. The zero-order valence-electron chi connectivity index (χ0n) is 17.3. The summed E-state index contributed by atoms with van der Waals surface area (Å²) in [5, 5.41) is 7.12. The fourth-order valence-corrected chi connectivity index (χ4v) is 3.48. The molecule has 1 spiro atoms. The maximum absolute atomic E-state index is 12.0. The van der Waals surface area contributed by atoms with Gasteiger partial charge in [-0.3, -0.25) is 9.78 Å². The monoisotopic (exact) mass is 448 g/mol. The van der Waals surface area contributed by atoms with E-state index in [9.17, 15) is 18.0 Å². The molecule has 0 bridgehead atoms. The molecule has 1 N–H and O–H groups in total. The molecule has 1 aromatic rings. The fraction of sp³-hybridized carbons (Fsp3) is 0.650.